The number of aliphatic carboxylic acids is 1. The van der Waals surface area contributed by atoms with E-state index in [9.17, 15) is 4.79 Å². The van der Waals surface area contributed by atoms with Gasteiger partial charge in [0.15, 0.2) is 0 Å². The van der Waals surface area contributed by atoms with Crippen LogP contribution < -0.4 is 5.73 Å². The number of carboxylic acids is 1. The van der Waals surface area contributed by atoms with Crippen LogP contribution in [0.3, 0.4) is 0 Å². The number of nitrogens with two attached hydrogens (primary N) is 1. The Kier molecular flexibility index (Phi) is 4.33. The molecule has 0 radical (unpaired) electrons. The summed E-state index contributed by atoms with van der Waals surface area (Å²) < 4.78 is 0. The minimum absolute atomic E-state index is 0.182. The Hall–Kier alpha value is -0.830. The number of hydrogen-bond acceptors (Lipinski definition) is 2. The lowest BCUT2D eigenvalue weighted by Crippen LogP contribution is -2.42. The van der Waals surface area contributed by atoms with Crippen molar-refractivity contribution in [1.82, 2.24) is 0 Å². The second-order valence-corrected chi connectivity index (χ2v) is 4.60. The Morgan fingerprint density at radius 3 is 2.87 bits per heavy atom. The third kappa shape index (κ3) is 2.81. The molecule has 0 aromatic carbocycles. The molecule has 2 unspecified atom stereocenters. The molecule has 1 fully saturated rings. The Labute approximate surface area is 91.4 Å². The van der Waals surface area contributed by atoms with Crippen LogP contribution in [0.1, 0.15) is 38.5 Å². The molecule has 0 heterocycles. The summed E-state index contributed by atoms with van der Waals surface area (Å²) in [6, 6.07) is 0. The lowest BCUT2D eigenvalue weighted by Gasteiger charge is -2.42. The quantitative estimate of drug-likeness (QED) is 0.685. The van der Waals surface area contributed by atoms with Crippen LogP contribution in [-0.4, -0.2) is 17.6 Å². The fraction of sp³-hybridized carbons (Fsp3) is 0.750. The second kappa shape index (κ2) is 5.31. The van der Waals surface area contributed by atoms with Crippen molar-refractivity contribution in [3.63, 3.8) is 0 Å². The van der Waals surface area contributed by atoms with Crippen LogP contribution in [0.25, 0.3) is 0 Å². The van der Waals surface area contributed by atoms with E-state index in [4.69, 9.17) is 10.8 Å². The predicted molar refractivity (Wildman–Crippen MR) is 60.5 cm³/mol. The number of carbonyl (C=O) groups is 1. The van der Waals surface area contributed by atoms with Crippen LogP contribution in [0.5, 0.6) is 0 Å². The Morgan fingerprint density at radius 2 is 2.33 bits per heavy atom. The minimum atomic E-state index is -0.726. The molecule has 1 saturated carbocycles. The van der Waals surface area contributed by atoms with E-state index in [0.29, 0.717) is 12.5 Å². The largest absolute Gasteiger partial charge is 0.481 e. The van der Waals surface area contributed by atoms with Crippen LogP contribution in [-0.2, 0) is 4.79 Å². The highest BCUT2D eigenvalue weighted by atomic mass is 16.4. The maximum absolute atomic E-state index is 10.9. The molecule has 0 aromatic heterocycles. The molecule has 3 nitrogen and oxygen atoms in total. The van der Waals surface area contributed by atoms with Crippen molar-refractivity contribution in [2.75, 3.05) is 6.54 Å². The maximum atomic E-state index is 10.9. The minimum Gasteiger partial charge on any atom is -0.481 e. The van der Waals surface area contributed by atoms with Gasteiger partial charge in [-0.3, -0.25) is 4.79 Å². The molecule has 0 spiro atoms. The van der Waals surface area contributed by atoms with Gasteiger partial charge in [0.2, 0.25) is 0 Å². The molecule has 2 atom stereocenters. The summed E-state index contributed by atoms with van der Waals surface area (Å²) in [7, 11) is 0. The first-order valence-electron chi connectivity index (χ1n) is 5.67. The molecule has 3 N–H and O–H groups in total. The average Bonchev–Trinajstić information content (AvgIpc) is 2.20. The van der Waals surface area contributed by atoms with Crippen LogP contribution >= 0.6 is 0 Å². The van der Waals surface area contributed by atoms with Gasteiger partial charge in [-0.15, -0.1) is 6.58 Å². The Bertz CT molecular complexity index is 240. The third-order valence-electron chi connectivity index (χ3n) is 3.70. The van der Waals surface area contributed by atoms with Gasteiger partial charge >= 0.3 is 5.97 Å². The van der Waals surface area contributed by atoms with E-state index in [1.54, 1.807) is 0 Å². The molecule has 0 bridgehead atoms. The van der Waals surface area contributed by atoms with Gasteiger partial charge in [-0.25, -0.2) is 0 Å². The predicted octanol–water partition coefficient (Wildman–Crippen LogP) is 2.17. The van der Waals surface area contributed by atoms with Crippen molar-refractivity contribution >= 4 is 5.97 Å². The van der Waals surface area contributed by atoms with E-state index in [2.05, 4.69) is 6.58 Å². The summed E-state index contributed by atoms with van der Waals surface area (Å²) in [4.78, 5) is 10.9. The van der Waals surface area contributed by atoms with Crippen molar-refractivity contribution in [2.24, 2.45) is 17.1 Å². The first-order chi connectivity index (χ1) is 7.14. The zero-order valence-electron chi connectivity index (χ0n) is 9.24. The molecule has 1 aliphatic rings. The van der Waals surface area contributed by atoms with Crippen LogP contribution in [0, 0.1) is 11.3 Å². The smallest absolute Gasteiger partial charge is 0.303 e. The highest BCUT2D eigenvalue weighted by molar-refractivity contribution is 5.67. The van der Waals surface area contributed by atoms with Crippen LogP contribution in [0.15, 0.2) is 12.7 Å². The molecular weight excluding hydrogens is 190 g/mol. The summed E-state index contributed by atoms with van der Waals surface area (Å²) >= 11 is 0. The molecule has 15 heavy (non-hydrogen) atoms. The molecule has 1 aliphatic carbocycles. The standard InChI is InChI=1S/C12H21NO2/c1-2-5-10-6-3-4-7-12(10,9-13)8-11(14)15/h2,10H,1,3-9,13H2,(H,14,15). The highest BCUT2D eigenvalue weighted by Gasteiger charge is 2.40. The van der Waals surface area contributed by atoms with Crippen molar-refractivity contribution in [3.05, 3.63) is 12.7 Å². The van der Waals surface area contributed by atoms with Crippen molar-refractivity contribution in [3.8, 4) is 0 Å². The van der Waals surface area contributed by atoms with Gasteiger partial charge in [-0.2, -0.15) is 0 Å². The zero-order valence-corrected chi connectivity index (χ0v) is 9.24. The number of hydrogen-bond donors (Lipinski definition) is 2. The Balaban J connectivity index is 2.79. The lowest BCUT2D eigenvalue weighted by atomic mass is 9.63. The van der Waals surface area contributed by atoms with Gasteiger partial charge in [0.25, 0.3) is 0 Å². The summed E-state index contributed by atoms with van der Waals surface area (Å²) in [5, 5.41) is 8.97. The molecule has 0 aromatic rings. The van der Waals surface area contributed by atoms with E-state index in [1.165, 1.54) is 6.42 Å². The summed E-state index contributed by atoms with van der Waals surface area (Å²) in [6.07, 6.45) is 7.34. The molecular formula is C12H21NO2. The third-order valence-corrected chi connectivity index (χ3v) is 3.70. The van der Waals surface area contributed by atoms with Gasteiger partial charge in [0, 0.05) is 0 Å². The van der Waals surface area contributed by atoms with E-state index in [1.807, 2.05) is 6.08 Å². The van der Waals surface area contributed by atoms with Gasteiger partial charge < -0.3 is 10.8 Å². The van der Waals surface area contributed by atoms with Crippen LogP contribution in [0.4, 0.5) is 0 Å². The van der Waals surface area contributed by atoms with E-state index in [-0.39, 0.29) is 11.8 Å². The van der Waals surface area contributed by atoms with E-state index >= 15 is 0 Å². The van der Waals surface area contributed by atoms with Gasteiger partial charge in [0.1, 0.15) is 0 Å². The molecule has 0 saturated heterocycles. The van der Waals surface area contributed by atoms with E-state index < -0.39 is 5.97 Å². The average molecular weight is 211 g/mol. The fourth-order valence-electron chi connectivity index (χ4n) is 2.82. The van der Waals surface area contributed by atoms with Crippen molar-refractivity contribution in [2.45, 2.75) is 38.5 Å². The molecule has 1 rings (SSSR count). The zero-order chi connectivity index (χ0) is 11.3. The molecule has 3 heteroatoms. The molecule has 0 aliphatic heterocycles. The summed E-state index contributed by atoms with van der Waals surface area (Å²) in [5.41, 5.74) is 5.63. The summed E-state index contributed by atoms with van der Waals surface area (Å²) in [6.45, 7) is 4.23. The molecule has 86 valence electrons. The van der Waals surface area contributed by atoms with Gasteiger partial charge in [0.05, 0.1) is 6.42 Å². The fourth-order valence-corrected chi connectivity index (χ4v) is 2.82. The second-order valence-electron chi connectivity index (χ2n) is 4.60. The topological polar surface area (TPSA) is 63.3 Å². The maximum Gasteiger partial charge on any atom is 0.303 e. The Morgan fingerprint density at radius 1 is 1.60 bits per heavy atom. The lowest BCUT2D eigenvalue weighted by molar-refractivity contribution is -0.141. The van der Waals surface area contributed by atoms with Gasteiger partial charge in [-0.1, -0.05) is 18.9 Å². The highest BCUT2D eigenvalue weighted by Crippen LogP contribution is 2.45. The van der Waals surface area contributed by atoms with Gasteiger partial charge in [-0.05, 0) is 37.1 Å². The first kappa shape index (κ1) is 12.2. The van der Waals surface area contributed by atoms with Crippen molar-refractivity contribution < 1.29 is 9.90 Å². The summed E-state index contributed by atoms with van der Waals surface area (Å²) in [5.74, 6) is -0.318. The number of rotatable bonds is 5. The van der Waals surface area contributed by atoms with E-state index in [0.717, 1.165) is 25.7 Å². The molecule has 0 amide bonds. The normalized spacial score (nSPS) is 31.1. The number of carboxylic acid groups (broad SMARTS) is 1. The SMILES string of the molecule is C=CCC1CCCCC1(CN)CC(=O)O. The monoisotopic (exact) mass is 211 g/mol. The van der Waals surface area contributed by atoms with Crippen LogP contribution in [0.2, 0.25) is 0 Å². The number of allylic oxidation sites excluding steroid dienone is 1. The first-order valence-corrected chi connectivity index (χ1v) is 5.67. The van der Waals surface area contributed by atoms with Crippen molar-refractivity contribution in [1.29, 1.82) is 0 Å².